The Hall–Kier alpha value is -0.120. The van der Waals surface area contributed by atoms with Crippen LogP contribution in [0.15, 0.2) is 0 Å². The number of hydrogen-bond donors (Lipinski definition) is 3. The fourth-order valence-electron chi connectivity index (χ4n) is 2.38. The summed E-state index contributed by atoms with van der Waals surface area (Å²) in [5.41, 5.74) is 5.14. The minimum atomic E-state index is -0.520. The molecule has 0 radical (unpaired) electrons. The van der Waals surface area contributed by atoms with Crippen LogP contribution in [0.1, 0.15) is 33.1 Å². The third kappa shape index (κ3) is 2.42. The maximum Gasteiger partial charge on any atom is 0.0714 e. The van der Waals surface area contributed by atoms with E-state index in [9.17, 15) is 5.11 Å². The SMILES string of the molecule is CCC(CN)C1(O)CCNC(C)C1. The minimum absolute atomic E-state index is 0.261. The summed E-state index contributed by atoms with van der Waals surface area (Å²) in [6.45, 7) is 5.73. The molecule has 1 saturated heterocycles. The summed E-state index contributed by atoms with van der Waals surface area (Å²) in [6, 6.07) is 0.416. The van der Waals surface area contributed by atoms with Crippen molar-refractivity contribution in [3.8, 4) is 0 Å². The van der Waals surface area contributed by atoms with Gasteiger partial charge in [-0.25, -0.2) is 0 Å². The molecule has 1 fully saturated rings. The molecule has 1 aliphatic heterocycles. The number of nitrogens with one attached hydrogen (secondary N) is 1. The minimum Gasteiger partial charge on any atom is -0.389 e. The molecule has 13 heavy (non-hydrogen) atoms. The molecule has 3 unspecified atom stereocenters. The zero-order chi connectivity index (χ0) is 9.90. The van der Waals surface area contributed by atoms with Crippen molar-refractivity contribution in [3.63, 3.8) is 0 Å². The Morgan fingerprint density at radius 2 is 2.38 bits per heavy atom. The smallest absolute Gasteiger partial charge is 0.0714 e. The van der Waals surface area contributed by atoms with E-state index in [0.29, 0.717) is 12.6 Å². The summed E-state index contributed by atoms with van der Waals surface area (Å²) in [4.78, 5) is 0. The predicted octanol–water partition coefficient (Wildman–Crippen LogP) is 0.474. The molecule has 1 aliphatic rings. The molecule has 0 aliphatic carbocycles. The van der Waals surface area contributed by atoms with Gasteiger partial charge in [0.15, 0.2) is 0 Å². The second kappa shape index (κ2) is 4.40. The van der Waals surface area contributed by atoms with Crippen molar-refractivity contribution in [3.05, 3.63) is 0 Å². The van der Waals surface area contributed by atoms with Crippen LogP contribution < -0.4 is 11.1 Å². The van der Waals surface area contributed by atoms with Gasteiger partial charge < -0.3 is 16.2 Å². The van der Waals surface area contributed by atoms with Crippen molar-refractivity contribution in [1.29, 1.82) is 0 Å². The molecule has 3 nitrogen and oxygen atoms in total. The van der Waals surface area contributed by atoms with E-state index >= 15 is 0 Å². The van der Waals surface area contributed by atoms with Gasteiger partial charge in [0.25, 0.3) is 0 Å². The number of nitrogens with two attached hydrogens (primary N) is 1. The van der Waals surface area contributed by atoms with E-state index in [-0.39, 0.29) is 5.92 Å². The largest absolute Gasteiger partial charge is 0.389 e. The van der Waals surface area contributed by atoms with Gasteiger partial charge in [-0.15, -0.1) is 0 Å². The molecule has 1 rings (SSSR count). The van der Waals surface area contributed by atoms with E-state index in [1.165, 1.54) is 0 Å². The molecule has 1 heterocycles. The van der Waals surface area contributed by atoms with Gasteiger partial charge in [-0.2, -0.15) is 0 Å². The highest BCUT2D eigenvalue weighted by molar-refractivity contribution is 4.93. The summed E-state index contributed by atoms with van der Waals surface area (Å²) < 4.78 is 0. The van der Waals surface area contributed by atoms with E-state index in [4.69, 9.17) is 5.73 Å². The van der Waals surface area contributed by atoms with Crippen LogP contribution in [-0.4, -0.2) is 29.8 Å². The van der Waals surface area contributed by atoms with E-state index in [2.05, 4.69) is 19.2 Å². The van der Waals surface area contributed by atoms with Crippen LogP contribution in [-0.2, 0) is 0 Å². The molecule has 0 amide bonds. The quantitative estimate of drug-likeness (QED) is 0.600. The highest BCUT2D eigenvalue weighted by Gasteiger charge is 2.38. The number of aliphatic hydroxyl groups is 1. The Morgan fingerprint density at radius 1 is 1.69 bits per heavy atom. The summed E-state index contributed by atoms with van der Waals surface area (Å²) in [5, 5.41) is 13.7. The van der Waals surface area contributed by atoms with Gasteiger partial charge in [-0.3, -0.25) is 0 Å². The first kappa shape index (κ1) is 11.0. The normalized spacial score (nSPS) is 37.4. The molecule has 4 N–H and O–H groups in total. The molecule has 78 valence electrons. The molecule has 0 aromatic rings. The van der Waals surface area contributed by atoms with Gasteiger partial charge in [0, 0.05) is 6.04 Å². The van der Waals surface area contributed by atoms with Gasteiger partial charge >= 0.3 is 0 Å². The molecular weight excluding hydrogens is 164 g/mol. The molecule has 0 spiro atoms. The molecule has 0 aromatic carbocycles. The molecule has 3 atom stereocenters. The number of piperidine rings is 1. The van der Waals surface area contributed by atoms with Crippen LogP contribution in [0.25, 0.3) is 0 Å². The van der Waals surface area contributed by atoms with Gasteiger partial charge in [-0.1, -0.05) is 6.92 Å². The zero-order valence-electron chi connectivity index (χ0n) is 8.71. The number of hydrogen-bond acceptors (Lipinski definition) is 3. The zero-order valence-corrected chi connectivity index (χ0v) is 8.71. The van der Waals surface area contributed by atoms with E-state index in [1.807, 2.05) is 0 Å². The monoisotopic (exact) mass is 186 g/mol. The van der Waals surface area contributed by atoms with Gasteiger partial charge in [-0.05, 0) is 45.2 Å². The first-order chi connectivity index (χ1) is 6.12. The van der Waals surface area contributed by atoms with Crippen LogP contribution in [0, 0.1) is 5.92 Å². The maximum atomic E-state index is 10.4. The maximum absolute atomic E-state index is 10.4. The third-order valence-corrected chi connectivity index (χ3v) is 3.25. The van der Waals surface area contributed by atoms with Gasteiger partial charge in [0.2, 0.25) is 0 Å². The van der Waals surface area contributed by atoms with Crippen LogP contribution in [0.2, 0.25) is 0 Å². The summed E-state index contributed by atoms with van der Waals surface area (Å²) in [6.07, 6.45) is 2.65. The Labute approximate surface area is 80.7 Å². The van der Waals surface area contributed by atoms with Crippen LogP contribution in [0.5, 0.6) is 0 Å². The Kier molecular flexibility index (Phi) is 3.71. The summed E-state index contributed by atoms with van der Waals surface area (Å²) >= 11 is 0. The van der Waals surface area contributed by atoms with Crippen molar-refractivity contribution >= 4 is 0 Å². The van der Waals surface area contributed by atoms with Crippen molar-refractivity contribution in [2.45, 2.75) is 44.8 Å². The molecule has 3 heteroatoms. The standard InChI is InChI=1S/C10H22N2O/c1-3-9(7-11)10(13)4-5-12-8(2)6-10/h8-9,12-13H,3-7,11H2,1-2H3. The highest BCUT2D eigenvalue weighted by Crippen LogP contribution is 2.30. The predicted molar refractivity (Wildman–Crippen MR) is 54.5 cm³/mol. The Morgan fingerprint density at radius 3 is 2.85 bits per heavy atom. The van der Waals surface area contributed by atoms with E-state index in [1.54, 1.807) is 0 Å². The lowest BCUT2D eigenvalue weighted by molar-refractivity contribution is -0.0516. The lowest BCUT2D eigenvalue weighted by Gasteiger charge is -2.41. The van der Waals surface area contributed by atoms with Gasteiger partial charge in [0.05, 0.1) is 5.60 Å². The van der Waals surface area contributed by atoms with Crippen molar-refractivity contribution in [1.82, 2.24) is 5.32 Å². The fraction of sp³-hybridized carbons (Fsp3) is 1.00. The lowest BCUT2D eigenvalue weighted by Crippen LogP contribution is -2.52. The van der Waals surface area contributed by atoms with Crippen LogP contribution >= 0.6 is 0 Å². The Balaban J connectivity index is 2.61. The molecule has 0 aromatic heterocycles. The van der Waals surface area contributed by atoms with Crippen molar-refractivity contribution in [2.75, 3.05) is 13.1 Å². The number of rotatable bonds is 3. The third-order valence-electron chi connectivity index (χ3n) is 3.25. The highest BCUT2D eigenvalue weighted by atomic mass is 16.3. The topological polar surface area (TPSA) is 58.3 Å². The molecule has 0 saturated carbocycles. The van der Waals surface area contributed by atoms with Crippen LogP contribution in [0.3, 0.4) is 0 Å². The second-order valence-electron chi connectivity index (χ2n) is 4.25. The average Bonchev–Trinajstić information content (AvgIpc) is 2.05. The Bertz CT molecular complexity index is 159. The summed E-state index contributed by atoms with van der Waals surface area (Å²) in [7, 11) is 0. The lowest BCUT2D eigenvalue weighted by atomic mass is 9.76. The molecular formula is C10H22N2O. The fourth-order valence-corrected chi connectivity index (χ4v) is 2.38. The van der Waals surface area contributed by atoms with Gasteiger partial charge in [0.1, 0.15) is 0 Å². The first-order valence-electron chi connectivity index (χ1n) is 5.28. The van der Waals surface area contributed by atoms with Crippen molar-refractivity contribution in [2.24, 2.45) is 11.7 Å². The van der Waals surface area contributed by atoms with Crippen LogP contribution in [0.4, 0.5) is 0 Å². The first-order valence-corrected chi connectivity index (χ1v) is 5.28. The van der Waals surface area contributed by atoms with Crippen molar-refractivity contribution < 1.29 is 5.11 Å². The molecule has 0 bridgehead atoms. The second-order valence-corrected chi connectivity index (χ2v) is 4.25. The average molecular weight is 186 g/mol. The van der Waals surface area contributed by atoms with E-state index in [0.717, 1.165) is 25.8 Å². The summed E-state index contributed by atoms with van der Waals surface area (Å²) in [5.74, 6) is 0.261. The van der Waals surface area contributed by atoms with E-state index < -0.39 is 5.60 Å².